The van der Waals surface area contributed by atoms with E-state index in [0.717, 1.165) is 25.3 Å². The van der Waals surface area contributed by atoms with Crippen LogP contribution in [0.1, 0.15) is 39.5 Å². The zero-order valence-electron chi connectivity index (χ0n) is 11.5. The molecular formula is C14H28N2O. The molecule has 0 bridgehead atoms. The molecule has 0 amide bonds. The van der Waals surface area contributed by atoms with Crippen molar-refractivity contribution in [1.29, 1.82) is 0 Å². The number of piperidine rings is 1. The van der Waals surface area contributed by atoms with E-state index >= 15 is 0 Å². The van der Waals surface area contributed by atoms with Gasteiger partial charge in [0.1, 0.15) is 0 Å². The molecule has 100 valence electrons. The summed E-state index contributed by atoms with van der Waals surface area (Å²) in [7, 11) is 0. The van der Waals surface area contributed by atoms with Crippen LogP contribution in [0.2, 0.25) is 0 Å². The Bertz CT molecular complexity index is 222. The van der Waals surface area contributed by atoms with Crippen molar-refractivity contribution in [1.82, 2.24) is 9.80 Å². The first-order valence-electron chi connectivity index (χ1n) is 7.37. The minimum Gasteiger partial charge on any atom is -0.382 e. The lowest BCUT2D eigenvalue weighted by atomic mass is 9.97. The van der Waals surface area contributed by atoms with Crippen molar-refractivity contribution in [3.05, 3.63) is 0 Å². The lowest BCUT2D eigenvalue weighted by Gasteiger charge is -2.47. The largest absolute Gasteiger partial charge is 0.382 e. The van der Waals surface area contributed by atoms with Crippen molar-refractivity contribution in [2.45, 2.75) is 51.6 Å². The number of fused-ring (bicyclic) bond motifs is 1. The molecular weight excluding hydrogens is 212 g/mol. The number of hydrogen-bond donors (Lipinski definition) is 0. The maximum absolute atomic E-state index is 5.43. The van der Waals surface area contributed by atoms with Crippen LogP contribution < -0.4 is 0 Å². The van der Waals surface area contributed by atoms with Crippen LogP contribution in [0.4, 0.5) is 0 Å². The lowest BCUT2D eigenvalue weighted by Crippen LogP contribution is -2.58. The van der Waals surface area contributed by atoms with Crippen LogP contribution >= 0.6 is 0 Å². The number of hydrogen-bond acceptors (Lipinski definition) is 3. The lowest BCUT2D eigenvalue weighted by molar-refractivity contribution is 0.0106. The van der Waals surface area contributed by atoms with E-state index in [-0.39, 0.29) is 0 Å². The Hall–Kier alpha value is -0.120. The first-order chi connectivity index (χ1) is 8.31. The Morgan fingerprint density at radius 1 is 1.24 bits per heavy atom. The molecule has 2 heterocycles. The highest BCUT2D eigenvalue weighted by molar-refractivity contribution is 4.88. The minimum absolute atomic E-state index is 0.728. The highest BCUT2D eigenvalue weighted by Crippen LogP contribution is 2.23. The van der Waals surface area contributed by atoms with Crippen molar-refractivity contribution in [2.75, 3.05) is 39.4 Å². The van der Waals surface area contributed by atoms with Crippen LogP contribution in [-0.2, 0) is 4.74 Å². The highest BCUT2D eigenvalue weighted by Gasteiger charge is 2.32. The second kappa shape index (κ2) is 6.72. The van der Waals surface area contributed by atoms with E-state index in [1.165, 1.54) is 51.9 Å². The molecule has 0 spiro atoms. The maximum atomic E-state index is 5.43. The van der Waals surface area contributed by atoms with Gasteiger partial charge >= 0.3 is 0 Å². The molecule has 2 unspecified atom stereocenters. The summed E-state index contributed by atoms with van der Waals surface area (Å²) in [4.78, 5) is 5.39. The Kier molecular flexibility index (Phi) is 5.26. The molecule has 0 aliphatic carbocycles. The molecule has 0 saturated carbocycles. The minimum atomic E-state index is 0.728. The number of piperazine rings is 1. The summed E-state index contributed by atoms with van der Waals surface area (Å²) in [6.45, 7) is 11.3. The molecule has 2 fully saturated rings. The average Bonchev–Trinajstić information content (AvgIpc) is 2.35. The summed E-state index contributed by atoms with van der Waals surface area (Å²) < 4.78 is 5.43. The van der Waals surface area contributed by atoms with Gasteiger partial charge in [-0.2, -0.15) is 0 Å². The van der Waals surface area contributed by atoms with Gasteiger partial charge in [0.05, 0.1) is 0 Å². The van der Waals surface area contributed by atoms with Crippen LogP contribution in [0, 0.1) is 0 Å². The molecule has 0 aromatic rings. The van der Waals surface area contributed by atoms with Gasteiger partial charge in [0.2, 0.25) is 0 Å². The van der Waals surface area contributed by atoms with E-state index in [0.29, 0.717) is 0 Å². The van der Waals surface area contributed by atoms with E-state index in [9.17, 15) is 0 Å². The summed E-state index contributed by atoms with van der Waals surface area (Å²) in [5.41, 5.74) is 0. The van der Waals surface area contributed by atoms with Crippen LogP contribution in [0.15, 0.2) is 0 Å². The fourth-order valence-corrected chi connectivity index (χ4v) is 3.24. The van der Waals surface area contributed by atoms with E-state index in [4.69, 9.17) is 4.74 Å². The Morgan fingerprint density at radius 2 is 2.12 bits per heavy atom. The van der Waals surface area contributed by atoms with Crippen molar-refractivity contribution >= 4 is 0 Å². The second-order valence-electron chi connectivity index (χ2n) is 5.54. The van der Waals surface area contributed by atoms with Gasteiger partial charge in [0.15, 0.2) is 0 Å². The van der Waals surface area contributed by atoms with Crippen molar-refractivity contribution in [3.63, 3.8) is 0 Å². The fraction of sp³-hybridized carbons (Fsp3) is 1.00. The first kappa shape index (κ1) is 13.3. The predicted molar refractivity (Wildman–Crippen MR) is 71.4 cm³/mol. The summed E-state index contributed by atoms with van der Waals surface area (Å²) >= 11 is 0. The third kappa shape index (κ3) is 3.67. The Balaban J connectivity index is 1.74. The van der Waals surface area contributed by atoms with Crippen LogP contribution in [0.3, 0.4) is 0 Å². The van der Waals surface area contributed by atoms with Crippen LogP contribution in [0.25, 0.3) is 0 Å². The average molecular weight is 240 g/mol. The molecule has 2 rings (SSSR count). The highest BCUT2D eigenvalue weighted by atomic mass is 16.5. The Labute approximate surface area is 106 Å². The smallest absolute Gasteiger partial charge is 0.0478 e. The van der Waals surface area contributed by atoms with E-state index < -0.39 is 0 Å². The first-order valence-corrected chi connectivity index (χ1v) is 7.37. The van der Waals surface area contributed by atoms with Gasteiger partial charge in [-0.1, -0.05) is 6.42 Å². The molecule has 3 nitrogen and oxygen atoms in total. The van der Waals surface area contributed by atoms with Crippen LogP contribution in [0.5, 0.6) is 0 Å². The van der Waals surface area contributed by atoms with E-state index in [1.54, 1.807) is 0 Å². The SMILES string of the molecule is CCOCCCN1CC2CCCCN2CC1C. The second-order valence-corrected chi connectivity index (χ2v) is 5.54. The molecule has 0 N–H and O–H groups in total. The van der Waals surface area contributed by atoms with E-state index in [2.05, 4.69) is 23.6 Å². The third-order valence-electron chi connectivity index (χ3n) is 4.25. The van der Waals surface area contributed by atoms with Gasteiger partial charge in [-0.15, -0.1) is 0 Å². The van der Waals surface area contributed by atoms with Gasteiger partial charge in [0.25, 0.3) is 0 Å². The zero-order valence-corrected chi connectivity index (χ0v) is 11.5. The van der Waals surface area contributed by atoms with Gasteiger partial charge < -0.3 is 4.74 Å². The maximum Gasteiger partial charge on any atom is 0.0478 e. The standard InChI is InChI=1S/C14H28N2O/c1-3-17-10-6-9-15-12-14-7-4-5-8-16(14)11-13(15)2/h13-14H,3-12H2,1-2H3. The number of rotatable bonds is 5. The van der Waals surface area contributed by atoms with Crippen molar-refractivity contribution in [3.8, 4) is 0 Å². The summed E-state index contributed by atoms with van der Waals surface area (Å²) in [5, 5.41) is 0. The third-order valence-corrected chi connectivity index (χ3v) is 4.25. The van der Waals surface area contributed by atoms with Crippen molar-refractivity contribution in [2.24, 2.45) is 0 Å². The van der Waals surface area contributed by atoms with Gasteiger partial charge in [-0.3, -0.25) is 9.80 Å². The predicted octanol–water partition coefficient (Wildman–Crippen LogP) is 1.97. The molecule has 3 heteroatoms. The quantitative estimate of drug-likeness (QED) is 0.683. The van der Waals surface area contributed by atoms with E-state index in [1.807, 2.05) is 0 Å². The molecule has 0 aromatic carbocycles. The summed E-state index contributed by atoms with van der Waals surface area (Å²) in [6, 6.07) is 1.57. The summed E-state index contributed by atoms with van der Waals surface area (Å²) in [6.07, 6.45) is 5.44. The number of nitrogens with zero attached hydrogens (tertiary/aromatic N) is 2. The fourth-order valence-electron chi connectivity index (χ4n) is 3.24. The molecule has 0 radical (unpaired) electrons. The molecule has 2 saturated heterocycles. The normalized spacial score (nSPS) is 31.4. The van der Waals surface area contributed by atoms with Gasteiger partial charge in [0, 0.05) is 44.9 Å². The topological polar surface area (TPSA) is 15.7 Å². The van der Waals surface area contributed by atoms with Crippen LogP contribution in [-0.4, -0.2) is 61.3 Å². The van der Waals surface area contributed by atoms with Gasteiger partial charge in [-0.25, -0.2) is 0 Å². The molecule has 0 aromatic heterocycles. The number of ether oxygens (including phenoxy) is 1. The zero-order chi connectivity index (χ0) is 12.1. The molecule has 2 aliphatic heterocycles. The molecule has 2 aliphatic rings. The van der Waals surface area contributed by atoms with Gasteiger partial charge in [-0.05, 0) is 39.7 Å². The molecule has 2 atom stereocenters. The van der Waals surface area contributed by atoms with Crippen molar-refractivity contribution < 1.29 is 4.74 Å². The Morgan fingerprint density at radius 3 is 2.94 bits per heavy atom. The molecule has 17 heavy (non-hydrogen) atoms. The monoisotopic (exact) mass is 240 g/mol. The summed E-state index contributed by atoms with van der Waals surface area (Å²) in [5.74, 6) is 0.